The monoisotopic (exact) mass is 227 g/mol. The molecule has 0 radical (unpaired) electrons. The molecule has 0 nitrogen and oxygen atoms in total. The van der Waals surface area contributed by atoms with E-state index < -0.39 is 8.07 Å². The first-order valence-corrected chi connectivity index (χ1v) is 6.88. The third-order valence-electron chi connectivity index (χ3n) is 1.50. The van der Waals surface area contributed by atoms with Gasteiger partial charge in [-0.25, -0.2) is 11.3 Å². The van der Waals surface area contributed by atoms with E-state index >= 15 is 0 Å². The van der Waals surface area contributed by atoms with Gasteiger partial charge in [0.05, 0.1) is 0 Å². The van der Waals surface area contributed by atoms with Gasteiger partial charge in [-0.2, -0.15) is 6.08 Å². The molecule has 10 heavy (non-hydrogen) atoms. The Morgan fingerprint density at radius 1 is 1.40 bits per heavy atom. The van der Waals surface area contributed by atoms with Gasteiger partial charge in [-0.3, -0.25) is 6.08 Å². The van der Waals surface area contributed by atoms with Crippen LogP contribution in [0.25, 0.3) is 0 Å². The standard InChI is InChI=1S/C8H13Si.Zr/c1-9(2,3)8-6-4-5-7-8;/h4,6H,5H2,1-3H3;/q-1;. The number of allylic oxidation sites excluding steroid dienone is 4. The molecule has 1 aliphatic carbocycles. The van der Waals surface area contributed by atoms with Crippen LogP contribution in [0.3, 0.4) is 0 Å². The van der Waals surface area contributed by atoms with Gasteiger partial charge in [-0.05, 0) is 0 Å². The Balaban J connectivity index is 0.000000810. The number of hydrogen-bond donors (Lipinski definition) is 0. The molecule has 0 aromatic rings. The van der Waals surface area contributed by atoms with Gasteiger partial charge in [0.2, 0.25) is 0 Å². The molecule has 0 aliphatic heterocycles. The van der Waals surface area contributed by atoms with E-state index in [0.717, 1.165) is 6.42 Å². The number of rotatable bonds is 1. The normalized spacial score (nSPS) is 16.5. The topological polar surface area (TPSA) is 0 Å². The Morgan fingerprint density at radius 2 is 2.00 bits per heavy atom. The van der Waals surface area contributed by atoms with E-state index in [1.165, 1.54) is 5.20 Å². The van der Waals surface area contributed by atoms with Crippen molar-refractivity contribution in [2.24, 2.45) is 0 Å². The van der Waals surface area contributed by atoms with Crippen molar-refractivity contribution in [3.05, 3.63) is 23.4 Å². The molecule has 1 rings (SSSR count). The maximum atomic E-state index is 3.36. The molecule has 0 amide bonds. The molecule has 0 fully saturated rings. The first kappa shape index (κ1) is 10.6. The van der Waals surface area contributed by atoms with Crippen LogP contribution in [0.4, 0.5) is 0 Å². The summed E-state index contributed by atoms with van der Waals surface area (Å²) in [6.07, 6.45) is 8.82. The molecular formula is C8H13SiZr-. The summed E-state index contributed by atoms with van der Waals surface area (Å²) in [5.74, 6) is 0. The molecule has 1 aliphatic rings. The minimum Gasteiger partial charge on any atom is -0.274 e. The molecular weight excluding hydrogens is 215 g/mol. The van der Waals surface area contributed by atoms with E-state index in [2.05, 4.69) is 37.9 Å². The van der Waals surface area contributed by atoms with Crippen molar-refractivity contribution in [2.45, 2.75) is 26.1 Å². The van der Waals surface area contributed by atoms with Crippen molar-refractivity contribution in [3.63, 3.8) is 0 Å². The average molecular weight is 229 g/mol. The molecule has 0 heterocycles. The second kappa shape index (κ2) is 3.82. The summed E-state index contributed by atoms with van der Waals surface area (Å²) < 4.78 is 0. The average Bonchev–Trinajstić information content (AvgIpc) is 2.08. The van der Waals surface area contributed by atoms with Crippen LogP contribution in [-0.2, 0) is 26.2 Å². The predicted octanol–water partition coefficient (Wildman–Crippen LogP) is 2.55. The summed E-state index contributed by atoms with van der Waals surface area (Å²) in [6.45, 7) is 7.06. The smallest absolute Gasteiger partial charge is 0.0393 e. The van der Waals surface area contributed by atoms with Gasteiger partial charge in [-0.1, -0.05) is 19.6 Å². The van der Waals surface area contributed by atoms with E-state index in [4.69, 9.17) is 0 Å². The van der Waals surface area contributed by atoms with Gasteiger partial charge in [0.15, 0.2) is 0 Å². The van der Waals surface area contributed by atoms with Gasteiger partial charge in [0.25, 0.3) is 0 Å². The van der Waals surface area contributed by atoms with E-state index in [9.17, 15) is 0 Å². The quantitative estimate of drug-likeness (QED) is 0.478. The Kier molecular flexibility index (Phi) is 4.05. The van der Waals surface area contributed by atoms with Crippen LogP contribution in [-0.4, -0.2) is 8.07 Å². The van der Waals surface area contributed by atoms with Crippen LogP contribution in [0.5, 0.6) is 0 Å². The zero-order chi connectivity index (χ0) is 6.91. The van der Waals surface area contributed by atoms with Crippen molar-refractivity contribution >= 4 is 8.07 Å². The molecule has 0 spiro atoms. The van der Waals surface area contributed by atoms with Crippen LogP contribution >= 0.6 is 0 Å². The largest absolute Gasteiger partial charge is 0.274 e. The maximum Gasteiger partial charge on any atom is 0.0393 e. The summed E-state index contributed by atoms with van der Waals surface area (Å²) in [5, 5.41) is 1.49. The molecule has 54 valence electrons. The zero-order valence-electron chi connectivity index (χ0n) is 6.86. The van der Waals surface area contributed by atoms with Gasteiger partial charge < -0.3 is 0 Å². The van der Waals surface area contributed by atoms with Crippen LogP contribution in [0.1, 0.15) is 6.42 Å². The van der Waals surface area contributed by atoms with Crippen molar-refractivity contribution < 1.29 is 26.2 Å². The molecule has 2 heteroatoms. The van der Waals surface area contributed by atoms with Crippen LogP contribution in [0, 0.1) is 6.08 Å². The van der Waals surface area contributed by atoms with E-state index in [-0.39, 0.29) is 26.2 Å². The molecule has 0 unspecified atom stereocenters. The molecule has 0 saturated carbocycles. The van der Waals surface area contributed by atoms with Crippen LogP contribution in [0.2, 0.25) is 19.6 Å². The predicted molar refractivity (Wildman–Crippen MR) is 43.9 cm³/mol. The van der Waals surface area contributed by atoms with Gasteiger partial charge in [0, 0.05) is 34.3 Å². The molecule has 0 bridgehead atoms. The molecule has 0 saturated heterocycles. The Bertz CT molecular complexity index is 163. The van der Waals surface area contributed by atoms with Gasteiger partial charge in [0.1, 0.15) is 0 Å². The van der Waals surface area contributed by atoms with Crippen molar-refractivity contribution in [3.8, 4) is 0 Å². The Morgan fingerprint density at radius 3 is 2.20 bits per heavy atom. The SMILES string of the molecule is C[Si](C)(C)C1=[C-]CC=C1.[Zr]. The fourth-order valence-corrected chi connectivity index (χ4v) is 2.17. The summed E-state index contributed by atoms with van der Waals surface area (Å²) in [4.78, 5) is 0. The second-order valence-electron chi connectivity index (χ2n) is 3.45. The summed E-state index contributed by atoms with van der Waals surface area (Å²) >= 11 is 0. The van der Waals surface area contributed by atoms with E-state index in [1.54, 1.807) is 0 Å². The second-order valence-corrected chi connectivity index (χ2v) is 8.49. The van der Waals surface area contributed by atoms with E-state index in [1.807, 2.05) is 0 Å². The molecule has 0 aromatic heterocycles. The number of hydrogen-bond acceptors (Lipinski definition) is 0. The first-order valence-electron chi connectivity index (χ1n) is 3.38. The van der Waals surface area contributed by atoms with Gasteiger partial charge in [-0.15, -0.1) is 6.42 Å². The molecule has 0 N–H and O–H groups in total. The zero-order valence-corrected chi connectivity index (χ0v) is 10.3. The minimum atomic E-state index is -1.01. The summed E-state index contributed by atoms with van der Waals surface area (Å²) in [7, 11) is -1.01. The van der Waals surface area contributed by atoms with E-state index in [0.29, 0.717) is 0 Å². The minimum absolute atomic E-state index is 0. The molecule has 0 aromatic carbocycles. The third-order valence-corrected chi connectivity index (χ3v) is 3.46. The summed E-state index contributed by atoms with van der Waals surface area (Å²) in [5.41, 5.74) is 0. The van der Waals surface area contributed by atoms with Crippen molar-refractivity contribution in [1.82, 2.24) is 0 Å². The van der Waals surface area contributed by atoms with Crippen molar-refractivity contribution in [2.75, 3.05) is 0 Å². The molecule has 0 atom stereocenters. The van der Waals surface area contributed by atoms with Crippen LogP contribution < -0.4 is 0 Å². The summed E-state index contributed by atoms with van der Waals surface area (Å²) in [6, 6.07) is 0. The first-order chi connectivity index (χ1) is 4.11. The fourth-order valence-electron chi connectivity index (χ4n) is 0.920. The Labute approximate surface area is 83.5 Å². The van der Waals surface area contributed by atoms with Gasteiger partial charge >= 0.3 is 0 Å². The Hall–Kier alpha value is 0.580. The maximum absolute atomic E-state index is 3.36. The third kappa shape index (κ3) is 2.67. The fraction of sp³-hybridized carbons (Fsp3) is 0.500. The van der Waals surface area contributed by atoms with Crippen molar-refractivity contribution in [1.29, 1.82) is 0 Å². The van der Waals surface area contributed by atoms with Crippen LogP contribution in [0.15, 0.2) is 17.3 Å².